The Morgan fingerprint density at radius 3 is 1.73 bits per heavy atom. The first kappa shape index (κ1) is 8.70. The number of nitrogens with one attached hydrogen (secondary N) is 2. The zero-order valence-electron chi connectivity index (χ0n) is 8.40. The predicted octanol–water partition coefficient (Wildman–Crippen LogP) is 0.602. The highest BCUT2D eigenvalue weighted by molar-refractivity contribution is 5.42. The minimum Gasteiger partial charge on any atom is -0.368 e. The molecule has 80 valence electrons. The van der Waals surface area contributed by atoms with Gasteiger partial charge in [0.05, 0.1) is 0 Å². The summed E-state index contributed by atoms with van der Waals surface area (Å²) < 4.78 is 0. The summed E-state index contributed by atoms with van der Waals surface area (Å²) in [6.07, 6.45) is 4.77. The lowest BCUT2D eigenvalue weighted by Crippen LogP contribution is -2.12. The Hall–Kier alpha value is -1.59. The molecule has 2 fully saturated rings. The molecular formula is C9H14N6. The molecule has 0 spiro atoms. The first-order chi connectivity index (χ1) is 7.29. The smallest absolute Gasteiger partial charge is 0.229 e. The van der Waals surface area contributed by atoms with Gasteiger partial charge in [-0.25, -0.2) is 0 Å². The van der Waals surface area contributed by atoms with Gasteiger partial charge in [0.25, 0.3) is 0 Å². The van der Waals surface area contributed by atoms with Crippen molar-refractivity contribution in [3.8, 4) is 0 Å². The number of rotatable bonds is 4. The monoisotopic (exact) mass is 206 g/mol. The first-order valence-electron chi connectivity index (χ1n) is 5.34. The minimum absolute atomic E-state index is 0.274. The Kier molecular flexibility index (Phi) is 1.87. The molecule has 0 radical (unpaired) electrons. The lowest BCUT2D eigenvalue weighted by atomic mass is 10.6. The molecule has 15 heavy (non-hydrogen) atoms. The third kappa shape index (κ3) is 2.26. The van der Waals surface area contributed by atoms with Gasteiger partial charge in [0, 0.05) is 12.1 Å². The third-order valence-electron chi connectivity index (χ3n) is 2.47. The zero-order chi connectivity index (χ0) is 10.3. The van der Waals surface area contributed by atoms with Crippen molar-refractivity contribution < 1.29 is 0 Å². The summed E-state index contributed by atoms with van der Waals surface area (Å²) in [5.74, 6) is 1.46. The van der Waals surface area contributed by atoms with Crippen molar-refractivity contribution >= 4 is 17.8 Å². The van der Waals surface area contributed by atoms with Crippen LogP contribution < -0.4 is 16.4 Å². The molecule has 2 aliphatic carbocycles. The maximum absolute atomic E-state index is 5.61. The van der Waals surface area contributed by atoms with Gasteiger partial charge >= 0.3 is 0 Å². The van der Waals surface area contributed by atoms with Crippen molar-refractivity contribution in [3.05, 3.63) is 0 Å². The topological polar surface area (TPSA) is 88.8 Å². The van der Waals surface area contributed by atoms with E-state index in [1.165, 1.54) is 25.7 Å². The second-order valence-corrected chi connectivity index (χ2v) is 4.18. The average Bonchev–Trinajstić information content (AvgIpc) is 2.98. The summed E-state index contributed by atoms with van der Waals surface area (Å²) in [5.41, 5.74) is 5.61. The number of nitrogens with zero attached hydrogens (tertiary/aromatic N) is 3. The van der Waals surface area contributed by atoms with Gasteiger partial charge in [-0.2, -0.15) is 15.0 Å². The van der Waals surface area contributed by atoms with Gasteiger partial charge in [-0.15, -0.1) is 0 Å². The first-order valence-corrected chi connectivity index (χ1v) is 5.34. The number of nitrogens with two attached hydrogens (primary N) is 1. The SMILES string of the molecule is Nc1nc(NC2CC2)nc(NC2CC2)n1. The van der Waals surface area contributed by atoms with Crippen molar-refractivity contribution in [2.24, 2.45) is 0 Å². The molecule has 0 aromatic carbocycles. The predicted molar refractivity (Wildman–Crippen MR) is 57.5 cm³/mol. The van der Waals surface area contributed by atoms with Crippen LogP contribution in [0.2, 0.25) is 0 Å². The number of nitrogen functional groups attached to an aromatic ring is 1. The van der Waals surface area contributed by atoms with E-state index in [2.05, 4.69) is 25.6 Å². The van der Waals surface area contributed by atoms with Crippen molar-refractivity contribution in [3.63, 3.8) is 0 Å². The molecule has 2 aliphatic rings. The van der Waals surface area contributed by atoms with E-state index in [0.29, 0.717) is 24.0 Å². The van der Waals surface area contributed by atoms with E-state index < -0.39 is 0 Å². The molecule has 0 bridgehead atoms. The van der Waals surface area contributed by atoms with Crippen LogP contribution >= 0.6 is 0 Å². The van der Waals surface area contributed by atoms with Gasteiger partial charge in [-0.1, -0.05) is 0 Å². The van der Waals surface area contributed by atoms with Crippen molar-refractivity contribution in [2.45, 2.75) is 37.8 Å². The molecule has 1 aromatic rings. The Morgan fingerprint density at radius 2 is 1.33 bits per heavy atom. The van der Waals surface area contributed by atoms with Crippen molar-refractivity contribution in [2.75, 3.05) is 16.4 Å². The molecule has 1 aromatic heterocycles. The van der Waals surface area contributed by atoms with E-state index in [1.54, 1.807) is 0 Å². The van der Waals surface area contributed by atoms with Crippen LogP contribution in [0.5, 0.6) is 0 Å². The van der Waals surface area contributed by atoms with Crippen LogP contribution in [-0.2, 0) is 0 Å². The number of hydrogen-bond acceptors (Lipinski definition) is 6. The van der Waals surface area contributed by atoms with E-state index in [4.69, 9.17) is 5.73 Å². The molecule has 6 nitrogen and oxygen atoms in total. The van der Waals surface area contributed by atoms with Crippen molar-refractivity contribution in [1.29, 1.82) is 0 Å². The minimum atomic E-state index is 0.274. The van der Waals surface area contributed by atoms with Crippen LogP contribution in [0.1, 0.15) is 25.7 Å². The molecule has 0 atom stereocenters. The van der Waals surface area contributed by atoms with E-state index in [9.17, 15) is 0 Å². The maximum Gasteiger partial charge on any atom is 0.229 e. The van der Waals surface area contributed by atoms with E-state index in [0.717, 1.165) is 0 Å². The average molecular weight is 206 g/mol. The summed E-state index contributed by atoms with van der Waals surface area (Å²) >= 11 is 0. The van der Waals surface area contributed by atoms with E-state index >= 15 is 0 Å². The standard InChI is InChI=1S/C9H14N6/c10-7-13-8(11-5-1-2-5)15-9(14-7)12-6-3-4-6/h5-6H,1-4H2,(H4,10,11,12,13,14,15). The molecule has 6 heteroatoms. The van der Waals surface area contributed by atoms with Gasteiger partial charge in [0.1, 0.15) is 0 Å². The number of anilines is 3. The van der Waals surface area contributed by atoms with Crippen LogP contribution in [0, 0.1) is 0 Å². The second kappa shape index (κ2) is 3.22. The molecule has 0 amide bonds. The van der Waals surface area contributed by atoms with Crippen LogP contribution in [0.15, 0.2) is 0 Å². The lowest BCUT2D eigenvalue weighted by Gasteiger charge is -2.06. The highest BCUT2D eigenvalue weighted by Gasteiger charge is 2.24. The summed E-state index contributed by atoms with van der Waals surface area (Å²) in [7, 11) is 0. The summed E-state index contributed by atoms with van der Waals surface area (Å²) in [5, 5.41) is 6.42. The zero-order valence-corrected chi connectivity index (χ0v) is 8.40. The van der Waals surface area contributed by atoms with Gasteiger partial charge in [0.2, 0.25) is 17.8 Å². The molecular weight excluding hydrogens is 192 g/mol. The summed E-state index contributed by atoms with van der Waals surface area (Å²) in [6.45, 7) is 0. The fourth-order valence-electron chi connectivity index (χ4n) is 1.34. The van der Waals surface area contributed by atoms with E-state index in [1.807, 2.05) is 0 Å². The Balaban J connectivity index is 1.76. The Morgan fingerprint density at radius 1 is 0.867 bits per heavy atom. The van der Waals surface area contributed by atoms with Crippen molar-refractivity contribution in [1.82, 2.24) is 15.0 Å². The van der Waals surface area contributed by atoms with Crippen LogP contribution in [0.25, 0.3) is 0 Å². The fraction of sp³-hybridized carbons (Fsp3) is 0.667. The van der Waals surface area contributed by atoms with Gasteiger partial charge in [0.15, 0.2) is 0 Å². The lowest BCUT2D eigenvalue weighted by molar-refractivity contribution is 0.984. The quantitative estimate of drug-likeness (QED) is 0.668. The number of hydrogen-bond donors (Lipinski definition) is 3. The molecule has 2 saturated carbocycles. The van der Waals surface area contributed by atoms with Gasteiger partial charge in [-0.3, -0.25) is 0 Å². The summed E-state index contributed by atoms with van der Waals surface area (Å²) in [6, 6.07) is 1.06. The van der Waals surface area contributed by atoms with Crippen LogP contribution in [-0.4, -0.2) is 27.0 Å². The molecule has 3 rings (SSSR count). The summed E-state index contributed by atoms with van der Waals surface area (Å²) in [4.78, 5) is 12.4. The largest absolute Gasteiger partial charge is 0.368 e. The highest BCUT2D eigenvalue weighted by Crippen LogP contribution is 2.25. The molecule has 1 heterocycles. The normalized spacial score (nSPS) is 20.0. The Bertz CT molecular complexity index is 339. The molecule has 4 N–H and O–H groups in total. The fourth-order valence-corrected chi connectivity index (χ4v) is 1.34. The number of aromatic nitrogens is 3. The van der Waals surface area contributed by atoms with Crippen LogP contribution in [0.4, 0.5) is 17.8 Å². The molecule has 0 aliphatic heterocycles. The molecule has 0 saturated heterocycles. The highest BCUT2D eigenvalue weighted by atomic mass is 15.3. The third-order valence-corrected chi connectivity index (χ3v) is 2.47. The molecule has 0 unspecified atom stereocenters. The maximum atomic E-state index is 5.61. The van der Waals surface area contributed by atoms with Gasteiger partial charge in [-0.05, 0) is 25.7 Å². The second-order valence-electron chi connectivity index (χ2n) is 4.18. The van der Waals surface area contributed by atoms with Gasteiger partial charge < -0.3 is 16.4 Å². The van der Waals surface area contributed by atoms with Crippen LogP contribution in [0.3, 0.4) is 0 Å². The Labute approximate surface area is 87.7 Å². The van der Waals surface area contributed by atoms with E-state index in [-0.39, 0.29) is 5.95 Å².